The van der Waals surface area contributed by atoms with Gasteiger partial charge in [-0.3, -0.25) is 4.79 Å². The Morgan fingerprint density at radius 3 is 2.71 bits per heavy atom. The van der Waals surface area contributed by atoms with E-state index in [0.717, 1.165) is 44.4 Å². The number of thiophene rings is 1. The number of nitrogens with zero attached hydrogens (tertiary/aromatic N) is 4. The summed E-state index contributed by atoms with van der Waals surface area (Å²) in [5.74, 6) is 2.97. The summed E-state index contributed by atoms with van der Waals surface area (Å²) in [5, 5.41) is 7.98. The molecule has 148 valence electrons. The summed E-state index contributed by atoms with van der Waals surface area (Å²) in [6.07, 6.45) is 3.74. The lowest BCUT2D eigenvalue weighted by molar-refractivity contribution is 0.0956. The first-order valence-corrected chi connectivity index (χ1v) is 10.6. The molecule has 0 aromatic carbocycles. The molecule has 1 saturated carbocycles. The predicted octanol–water partition coefficient (Wildman–Crippen LogP) is 4.05. The summed E-state index contributed by atoms with van der Waals surface area (Å²) in [6.45, 7) is 8.60. The summed E-state index contributed by atoms with van der Waals surface area (Å²) in [7, 11) is 0. The third-order valence-electron chi connectivity index (χ3n) is 4.99. The van der Waals surface area contributed by atoms with E-state index in [-0.39, 0.29) is 11.8 Å². The van der Waals surface area contributed by atoms with Gasteiger partial charge in [0.1, 0.15) is 10.7 Å². The fourth-order valence-electron chi connectivity index (χ4n) is 3.23. The van der Waals surface area contributed by atoms with E-state index in [9.17, 15) is 4.79 Å². The highest BCUT2D eigenvalue weighted by atomic mass is 32.1. The highest BCUT2D eigenvalue weighted by Crippen LogP contribution is 2.40. The fourth-order valence-corrected chi connectivity index (χ4v) is 4.38. The van der Waals surface area contributed by atoms with E-state index in [2.05, 4.69) is 20.4 Å². The Bertz CT molecular complexity index is 1020. The van der Waals surface area contributed by atoms with Gasteiger partial charge >= 0.3 is 0 Å². The van der Waals surface area contributed by atoms with Crippen LogP contribution in [0.1, 0.15) is 83.4 Å². The molecule has 0 radical (unpaired) electrons. The predicted molar refractivity (Wildman–Crippen MR) is 108 cm³/mol. The molecule has 1 aliphatic carbocycles. The average molecular weight is 400 g/mol. The summed E-state index contributed by atoms with van der Waals surface area (Å²) in [5.41, 5.74) is 1.94. The molecular formula is C20H25N5O2S. The SMILES string of the molecule is Cc1nc(C2CC2)nc2sc(C(=O)NCCCc3nc(C(C)C)no3)c(C)c12. The van der Waals surface area contributed by atoms with E-state index in [1.807, 2.05) is 27.7 Å². The summed E-state index contributed by atoms with van der Waals surface area (Å²) in [6, 6.07) is 0. The maximum Gasteiger partial charge on any atom is 0.261 e. The molecule has 3 heterocycles. The van der Waals surface area contributed by atoms with Crippen LogP contribution in [0.15, 0.2) is 4.52 Å². The van der Waals surface area contributed by atoms with Crippen molar-refractivity contribution in [1.29, 1.82) is 0 Å². The van der Waals surface area contributed by atoms with Crippen molar-refractivity contribution in [3.8, 4) is 0 Å². The smallest absolute Gasteiger partial charge is 0.261 e. The van der Waals surface area contributed by atoms with Crippen LogP contribution in [0.2, 0.25) is 0 Å². The van der Waals surface area contributed by atoms with E-state index in [1.54, 1.807) is 0 Å². The number of fused-ring (bicyclic) bond motifs is 1. The number of nitrogens with one attached hydrogen (secondary N) is 1. The van der Waals surface area contributed by atoms with Crippen molar-refractivity contribution in [2.24, 2.45) is 0 Å². The molecule has 0 aliphatic heterocycles. The van der Waals surface area contributed by atoms with Gasteiger partial charge in [-0.2, -0.15) is 4.98 Å². The van der Waals surface area contributed by atoms with Gasteiger partial charge in [0.05, 0.1) is 10.6 Å². The van der Waals surface area contributed by atoms with Crippen LogP contribution >= 0.6 is 11.3 Å². The minimum Gasteiger partial charge on any atom is -0.351 e. The zero-order chi connectivity index (χ0) is 19.8. The molecule has 0 atom stereocenters. The second-order valence-electron chi connectivity index (χ2n) is 7.74. The number of aromatic nitrogens is 4. The molecule has 1 amide bonds. The molecule has 3 aromatic rings. The third-order valence-corrected chi connectivity index (χ3v) is 6.17. The molecule has 7 nitrogen and oxygen atoms in total. The molecule has 0 saturated heterocycles. The van der Waals surface area contributed by atoms with E-state index in [1.165, 1.54) is 24.2 Å². The van der Waals surface area contributed by atoms with Crippen molar-refractivity contribution in [2.75, 3.05) is 6.54 Å². The van der Waals surface area contributed by atoms with Gasteiger partial charge in [-0.25, -0.2) is 9.97 Å². The third kappa shape index (κ3) is 3.78. The van der Waals surface area contributed by atoms with E-state index >= 15 is 0 Å². The fraction of sp³-hybridized carbons (Fsp3) is 0.550. The van der Waals surface area contributed by atoms with Gasteiger partial charge in [-0.15, -0.1) is 11.3 Å². The molecule has 1 aliphatic rings. The molecule has 0 unspecified atom stereocenters. The lowest BCUT2D eigenvalue weighted by Gasteiger charge is -2.03. The van der Waals surface area contributed by atoms with Crippen LogP contribution in [0, 0.1) is 13.8 Å². The highest BCUT2D eigenvalue weighted by molar-refractivity contribution is 7.20. The van der Waals surface area contributed by atoms with Gasteiger partial charge in [0.15, 0.2) is 5.82 Å². The molecule has 0 spiro atoms. The Labute approximate surface area is 168 Å². The van der Waals surface area contributed by atoms with Gasteiger partial charge < -0.3 is 9.84 Å². The zero-order valence-electron chi connectivity index (χ0n) is 16.7. The topological polar surface area (TPSA) is 93.8 Å². The van der Waals surface area contributed by atoms with E-state index < -0.39 is 0 Å². The first-order valence-electron chi connectivity index (χ1n) is 9.82. The molecule has 3 aromatic heterocycles. The molecule has 1 N–H and O–H groups in total. The molecule has 0 bridgehead atoms. The minimum absolute atomic E-state index is 0.0544. The maximum atomic E-state index is 12.7. The van der Waals surface area contributed by atoms with Crippen LogP contribution in [0.3, 0.4) is 0 Å². The lowest BCUT2D eigenvalue weighted by Crippen LogP contribution is -2.24. The number of amides is 1. The highest BCUT2D eigenvalue weighted by Gasteiger charge is 2.28. The molecule has 4 rings (SSSR count). The molecule has 8 heteroatoms. The number of carbonyl (C=O) groups excluding carboxylic acids is 1. The van der Waals surface area contributed by atoms with Crippen molar-refractivity contribution in [3.63, 3.8) is 0 Å². The van der Waals surface area contributed by atoms with Crippen LogP contribution in [-0.4, -0.2) is 32.6 Å². The van der Waals surface area contributed by atoms with Gasteiger partial charge in [0.2, 0.25) is 5.89 Å². The van der Waals surface area contributed by atoms with Crippen molar-refractivity contribution in [3.05, 3.63) is 33.7 Å². The van der Waals surface area contributed by atoms with Gasteiger partial charge in [0, 0.05) is 30.2 Å². The Morgan fingerprint density at radius 2 is 2.04 bits per heavy atom. The van der Waals surface area contributed by atoms with Crippen LogP contribution < -0.4 is 5.32 Å². The molecule has 1 fully saturated rings. The van der Waals surface area contributed by atoms with Gasteiger partial charge in [0.25, 0.3) is 5.91 Å². The van der Waals surface area contributed by atoms with Crippen molar-refractivity contribution >= 4 is 27.5 Å². The van der Waals surface area contributed by atoms with E-state index in [0.29, 0.717) is 24.8 Å². The van der Waals surface area contributed by atoms with Gasteiger partial charge in [-0.05, 0) is 38.7 Å². The Morgan fingerprint density at radius 1 is 1.25 bits per heavy atom. The minimum atomic E-state index is -0.0544. The zero-order valence-corrected chi connectivity index (χ0v) is 17.5. The average Bonchev–Trinajstić information content (AvgIpc) is 3.30. The number of hydrogen-bond acceptors (Lipinski definition) is 7. The van der Waals surface area contributed by atoms with Crippen LogP contribution in [0.25, 0.3) is 10.2 Å². The number of hydrogen-bond donors (Lipinski definition) is 1. The standard InChI is InChI=1S/C20H25N5O2S/c1-10(2)17-23-14(27-25-17)6-5-9-21-19(26)16-11(3)15-12(4)22-18(13-7-8-13)24-20(15)28-16/h10,13H,5-9H2,1-4H3,(H,21,26). The first kappa shape index (κ1) is 19.0. The maximum absolute atomic E-state index is 12.7. The summed E-state index contributed by atoms with van der Waals surface area (Å²) in [4.78, 5) is 28.1. The summed E-state index contributed by atoms with van der Waals surface area (Å²) >= 11 is 1.46. The van der Waals surface area contributed by atoms with Crippen molar-refractivity contribution in [1.82, 2.24) is 25.4 Å². The number of carbonyl (C=O) groups is 1. The summed E-state index contributed by atoms with van der Waals surface area (Å²) < 4.78 is 5.24. The van der Waals surface area contributed by atoms with Crippen LogP contribution in [-0.2, 0) is 6.42 Å². The Hall–Kier alpha value is -2.35. The second-order valence-corrected chi connectivity index (χ2v) is 8.74. The molecular weight excluding hydrogens is 374 g/mol. The lowest BCUT2D eigenvalue weighted by atomic mass is 10.1. The van der Waals surface area contributed by atoms with Crippen LogP contribution in [0.4, 0.5) is 0 Å². The normalized spacial score (nSPS) is 14.2. The molecule has 28 heavy (non-hydrogen) atoms. The van der Waals surface area contributed by atoms with Crippen molar-refractivity contribution < 1.29 is 9.32 Å². The monoisotopic (exact) mass is 399 g/mol. The Kier molecular flexibility index (Phi) is 5.14. The van der Waals surface area contributed by atoms with Crippen LogP contribution in [0.5, 0.6) is 0 Å². The van der Waals surface area contributed by atoms with Crippen molar-refractivity contribution in [2.45, 2.75) is 65.2 Å². The van der Waals surface area contributed by atoms with Gasteiger partial charge in [-0.1, -0.05) is 19.0 Å². The second kappa shape index (κ2) is 7.58. The number of aryl methyl sites for hydroxylation is 3. The quantitative estimate of drug-likeness (QED) is 0.602. The Balaban J connectivity index is 1.39. The largest absolute Gasteiger partial charge is 0.351 e. The van der Waals surface area contributed by atoms with E-state index in [4.69, 9.17) is 9.51 Å². The number of rotatable bonds is 7. The first-order chi connectivity index (χ1) is 13.4.